The molecule has 0 aromatic heterocycles. The summed E-state index contributed by atoms with van der Waals surface area (Å²) in [6, 6.07) is 7.00. The highest BCUT2D eigenvalue weighted by Crippen LogP contribution is 2.30. The molecule has 1 aliphatic rings. The average molecular weight is 292 g/mol. The van der Waals surface area contributed by atoms with E-state index >= 15 is 0 Å². The van der Waals surface area contributed by atoms with Crippen LogP contribution in [-0.4, -0.2) is 42.6 Å². The molecule has 1 aromatic rings. The van der Waals surface area contributed by atoms with E-state index in [4.69, 9.17) is 9.84 Å². The molecular formula is C14H16N2O5. The molecule has 0 spiro atoms. The van der Waals surface area contributed by atoms with Crippen LogP contribution in [-0.2, 0) is 14.4 Å². The Morgan fingerprint density at radius 3 is 2.86 bits per heavy atom. The van der Waals surface area contributed by atoms with Gasteiger partial charge in [0, 0.05) is 13.0 Å². The Labute approximate surface area is 121 Å². The number of hydrogen-bond donors (Lipinski definition) is 2. The molecule has 0 atom stereocenters. The number of nitrogens with one attached hydrogen (secondary N) is 1. The van der Waals surface area contributed by atoms with Gasteiger partial charge < -0.3 is 20.1 Å². The third-order valence-corrected chi connectivity index (χ3v) is 2.97. The van der Waals surface area contributed by atoms with Gasteiger partial charge in [-0.15, -0.1) is 0 Å². The predicted octanol–water partition coefficient (Wildman–Crippen LogP) is 0.393. The third kappa shape index (κ3) is 4.20. The maximum Gasteiger partial charge on any atom is 0.331 e. The van der Waals surface area contributed by atoms with Crippen LogP contribution >= 0.6 is 0 Å². The molecule has 7 nitrogen and oxygen atoms in total. The van der Waals surface area contributed by atoms with E-state index in [9.17, 15) is 14.4 Å². The number of hydrogen-bond acceptors (Lipinski definition) is 5. The molecule has 7 heteroatoms. The summed E-state index contributed by atoms with van der Waals surface area (Å²) in [5.74, 6) is -1.12. The van der Waals surface area contributed by atoms with Crippen molar-refractivity contribution in [1.29, 1.82) is 0 Å². The number of nitrogens with zero attached hydrogens (tertiary/aromatic N) is 1. The van der Waals surface area contributed by atoms with Crippen molar-refractivity contribution in [2.24, 2.45) is 0 Å². The summed E-state index contributed by atoms with van der Waals surface area (Å²) in [6.07, 6.45) is 0.388. The van der Waals surface area contributed by atoms with Gasteiger partial charge in [0.15, 0.2) is 5.75 Å². The highest BCUT2D eigenvalue weighted by Gasteiger charge is 2.24. The number of carbonyl (C=O) groups is 3. The lowest BCUT2D eigenvalue weighted by atomic mass is 10.2. The quantitative estimate of drug-likeness (QED) is 0.447. The number of ether oxygens (including phenoxy) is 1. The fourth-order valence-electron chi connectivity index (χ4n) is 2.04. The number of carboxylic acid groups (broad SMARTS) is 1. The van der Waals surface area contributed by atoms with Gasteiger partial charge in [-0.3, -0.25) is 9.59 Å². The minimum atomic E-state index is -0.892. The molecule has 1 aromatic carbocycles. The van der Waals surface area contributed by atoms with E-state index in [1.165, 1.54) is 0 Å². The van der Waals surface area contributed by atoms with Crippen molar-refractivity contribution in [1.82, 2.24) is 5.32 Å². The standard InChI is InChI=1S/C14H16N2O5/c17-12(15-7-3-6-13(18)19)8-16-9-14(20)21-11-5-2-1-4-10(11)16/h1-2,4-5H,3,6-9H2,(H,15,17)(H,18,19). The summed E-state index contributed by atoms with van der Waals surface area (Å²) in [7, 11) is 0. The van der Waals surface area contributed by atoms with E-state index in [1.807, 2.05) is 0 Å². The zero-order chi connectivity index (χ0) is 15.2. The van der Waals surface area contributed by atoms with Crippen LogP contribution in [0.15, 0.2) is 24.3 Å². The fraction of sp³-hybridized carbons (Fsp3) is 0.357. The number of para-hydroxylation sites is 2. The summed E-state index contributed by atoms with van der Waals surface area (Å²) < 4.78 is 5.09. The highest BCUT2D eigenvalue weighted by molar-refractivity contribution is 5.89. The summed E-state index contributed by atoms with van der Waals surface area (Å²) in [5.41, 5.74) is 0.692. The number of benzene rings is 1. The van der Waals surface area contributed by atoms with Gasteiger partial charge in [0.1, 0.15) is 6.54 Å². The van der Waals surface area contributed by atoms with Gasteiger partial charge in [-0.1, -0.05) is 12.1 Å². The monoisotopic (exact) mass is 292 g/mol. The lowest BCUT2D eigenvalue weighted by Crippen LogP contribution is -2.43. The molecule has 1 amide bonds. The second kappa shape index (κ2) is 6.74. The molecule has 21 heavy (non-hydrogen) atoms. The normalized spacial score (nSPS) is 13.3. The van der Waals surface area contributed by atoms with Crippen molar-refractivity contribution in [3.8, 4) is 5.75 Å². The van der Waals surface area contributed by atoms with Gasteiger partial charge in [0.25, 0.3) is 0 Å². The largest absolute Gasteiger partial charge is 0.481 e. The molecule has 1 aliphatic heterocycles. The first kappa shape index (κ1) is 14.8. The molecule has 0 fully saturated rings. The first-order valence-electron chi connectivity index (χ1n) is 6.59. The lowest BCUT2D eigenvalue weighted by molar-refractivity contribution is -0.137. The zero-order valence-electron chi connectivity index (χ0n) is 11.4. The first-order chi connectivity index (χ1) is 10.1. The van der Waals surface area contributed by atoms with Crippen LogP contribution < -0.4 is 15.0 Å². The van der Waals surface area contributed by atoms with Crippen LogP contribution in [0.3, 0.4) is 0 Å². The van der Waals surface area contributed by atoms with Gasteiger partial charge in [-0.05, 0) is 18.6 Å². The van der Waals surface area contributed by atoms with Crippen molar-refractivity contribution in [3.05, 3.63) is 24.3 Å². The van der Waals surface area contributed by atoms with E-state index in [1.54, 1.807) is 29.2 Å². The maximum absolute atomic E-state index is 11.8. The smallest absolute Gasteiger partial charge is 0.331 e. The van der Waals surface area contributed by atoms with Crippen molar-refractivity contribution in [3.63, 3.8) is 0 Å². The van der Waals surface area contributed by atoms with Crippen molar-refractivity contribution < 1.29 is 24.2 Å². The first-order valence-corrected chi connectivity index (χ1v) is 6.59. The Balaban J connectivity index is 1.89. The summed E-state index contributed by atoms with van der Waals surface area (Å²) in [6.45, 7) is 0.337. The van der Waals surface area contributed by atoms with Crippen LogP contribution in [0.1, 0.15) is 12.8 Å². The number of amides is 1. The molecule has 0 bridgehead atoms. The summed E-state index contributed by atoms with van der Waals surface area (Å²) >= 11 is 0. The lowest BCUT2D eigenvalue weighted by Gasteiger charge is -2.29. The SMILES string of the molecule is O=C(O)CCCNC(=O)CN1CC(=O)Oc2ccccc21. The Morgan fingerprint density at radius 1 is 1.33 bits per heavy atom. The molecular weight excluding hydrogens is 276 g/mol. The predicted molar refractivity (Wildman–Crippen MR) is 74.2 cm³/mol. The van der Waals surface area contributed by atoms with Gasteiger partial charge in [-0.25, -0.2) is 4.79 Å². The van der Waals surface area contributed by atoms with E-state index in [-0.39, 0.29) is 25.4 Å². The number of carboxylic acids is 1. The van der Waals surface area contributed by atoms with E-state index in [0.29, 0.717) is 24.4 Å². The molecule has 0 aliphatic carbocycles. The molecule has 0 saturated carbocycles. The topological polar surface area (TPSA) is 95.9 Å². The number of esters is 1. The fourth-order valence-corrected chi connectivity index (χ4v) is 2.04. The number of fused-ring (bicyclic) bond motifs is 1. The number of rotatable bonds is 6. The second-order valence-corrected chi connectivity index (χ2v) is 4.65. The van der Waals surface area contributed by atoms with Crippen LogP contribution in [0, 0.1) is 0 Å². The van der Waals surface area contributed by atoms with Crippen LogP contribution in [0.4, 0.5) is 5.69 Å². The van der Waals surface area contributed by atoms with Crippen molar-refractivity contribution in [2.45, 2.75) is 12.8 Å². The van der Waals surface area contributed by atoms with E-state index in [2.05, 4.69) is 5.32 Å². The molecule has 1 heterocycles. The number of carbonyl (C=O) groups excluding carboxylic acids is 2. The molecule has 2 rings (SSSR count). The average Bonchev–Trinajstić information content (AvgIpc) is 2.43. The van der Waals surface area contributed by atoms with Crippen molar-refractivity contribution in [2.75, 3.05) is 24.5 Å². The highest BCUT2D eigenvalue weighted by atomic mass is 16.5. The van der Waals surface area contributed by atoms with Gasteiger partial charge in [-0.2, -0.15) is 0 Å². The maximum atomic E-state index is 11.8. The Kier molecular flexibility index (Phi) is 4.76. The summed E-state index contributed by atoms with van der Waals surface area (Å²) in [4.78, 5) is 35.3. The number of aliphatic carboxylic acids is 1. The van der Waals surface area contributed by atoms with Crippen molar-refractivity contribution >= 4 is 23.5 Å². The third-order valence-electron chi connectivity index (χ3n) is 2.97. The molecule has 0 radical (unpaired) electrons. The van der Waals surface area contributed by atoms with E-state index < -0.39 is 11.9 Å². The second-order valence-electron chi connectivity index (χ2n) is 4.65. The van der Waals surface area contributed by atoms with Gasteiger partial charge >= 0.3 is 11.9 Å². The Bertz CT molecular complexity index is 558. The Morgan fingerprint density at radius 2 is 2.10 bits per heavy atom. The molecule has 0 unspecified atom stereocenters. The van der Waals surface area contributed by atoms with Crippen LogP contribution in [0.25, 0.3) is 0 Å². The van der Waals surface area contributed by atoms with E-state index in [0.717, 1.165) is 0 Å². The zero-order valence-corrected chi connectivity index (χ0v) is 11.4. The van der Waals surface area contributed by atoms with Crippen LogP contribution in [0.2, 0.25) is 0 Å². The van der Waals surface area contributed by atoms with Gasteiger partial charge in [0.2, 0.25) is 5.91 Å². The minimum absolute atomic E-state index is 0.0130. The molecule has 0 saturated heterocycles. The Hall–Kier alpha value is -2.57. The van der Waals surface area contributed by atoms with Gasteiger partial charge in [0.05, 0.1) is 12.2 Å². The van der Waals surface area contributed by atoms with Crippen LogP contribution in [0.5, 0.6) is 5.75 Å². The minimum Gasteiger partial charge on any atom is -0.481 e. The molecule has 112 valence electrons. The molecule has 2 N–H and O–H groups in total. The summed E-state index contributed by atoms with van der Waals surface area (Å²) in [5, 5.41) is 11.1. The number of anilines is 1.